The van der Waals surface area contributed by atoms with E-state index in [0.29, 0.717) is 6.54 Å². The second kappa shape index (κ2) is 17.0. The van der Waals surface area contributed by atoms with E-state index in [2.05, 4.69) is 19.1 Å². The van der Waals surface area contributed by atoms with Gasteiger partial charge in [-0.05, 0) is 38.5 Å². The van der Waals surface area contributed by atoms with Crippen LogP contribution in [0.5, 0.6) is 0 Å². The van der Waals surface area contributed by atoms with E-state index in [4.69, 9.17) is 15.3 Å². The van der Waals surface area contributed by atoms with Crippen LogP contribution in [0.4, 0.5) is 0 Å². The maximum atomic E-state index is 11.0. The van der Waals surface area contributed by atoms with Crippen molar-refractivity contribution < 1.29 is 34.2 Å². The molecule has 0 atom stereocenters. The number of unbranched alkanes of at least 4 members (excludes halogenated alkanes) is 7. The first-order valence-corrected chi connectivity index (χ1v) is 11.0. The zero-order valence-corrected chi connectivity index (χ0v) is 18.0. The molecule has 0 aromatic carbocycles. The normalized spacial score (nSPS) is 11.8. The number of carbonyl (C=O) groups is 3. The van der Waals surface area contributed by atoms with Crippen molar-refractivity contribution >= 4 is 17.9 Å². The maximum absolute atomic E-state index is 11.0. The molecule has 0 aliphatic carbocycles. The summed E-state index contributed by atoms with van der Waals surface area (Å²) >= 11 is 0. The number of allylic oxidation sites excluding steroid dienone is 2. The highest BCUT2D eigenvalue weighted by Crippen LogP contribution is 2.16. The highest BCUT2D eigenvalue weighted by molar-refractivity contribution is 5.67. The van der Waals surface area contributed by atoms with Crippen molar-refractivity contribution in [3.63, 3.8) is 0 Å². The molecule has 29 heavy (non-hydrogen) atoms. The molecule has 0 aliphatic heterocycles. The molecule has 7 nitrogen and oxygen atoms in total. The molecule has 0 saturated carbocycles. The standard InChI is InChI=1S/C22H39NO6/c1-2-3-4-5-6-7-8-9-10-11-12-16-23(17-13-20(24)25,18-14-21(26)27)19-15-22(28)29/h7-8H,2-6,9-19H2,1H3,(H2-,24,25,26,27,28,29)/p+1/b8-7+. The zero-order valence-electron chi connectivity index (χ0n) is 18.0. The average molecular weight is 415 g/mol. The molecule has 168 valence electrons. The highest BCUT2D eigenvalue weighted by atomic mass is 16.4. The van der Waals surface area contributed by atoms with E-state index in [9.17, 15) is 14.4 Å². The van der Waals surface area contributed by atoms with Gasteiger partial charge in [-0.3, -0.25) is 14.4 Å². The first-order valence-electron chi connectivity index (χ1n) is 11.0. The smallest absolute Gasteiger partial charge is 0.309 e. The van der Waals surface area contributed by atoms with Crippen LogP contribution in [-0.2, 0) is 14.4 Å². The van der Waals surface area contributed by atoms with Crippen molar-refractivity contribution in [1.29, 1.82) is 0 Å². The Morgan fingerprint density at radius 1 is 0.621 bits per heavy atom. The summed E-state index contributed by atoms with van der Waals surface area (Å²) < 4.78 is 0.248. The van der Waals surface area contributed by atoms with Gasteiger partial charge in [0.15, 0.2) is 0 Å². The van der Waals surface area contributed by atoms with Crippen LogP contribution >= 0.6 is 0 Å². The third-order valence-electron chi connectivity index (χ3n) is 5.29. The molecule has 0 rings (SSSR count). The van der Waals surface area contributed by atoms with E-state index in [1.165, 1.54) is 25.7 Å². The Kier molecular flexibility index (Phi) is 15.9. The van der Waals surface area contributed by atoms with Gasteiger partial charge in [-0.1, -0.05) is 38.3 Å². The van der Waals surface area contributed by atoms with Gasteiger partial charge in [0.1, 0.15) is 0 Å². The summed E-state index contributed by atoms with van der Waals surface area (Å²) in [4.78, 5) is 33.1. The van der Waals surface area contributed by atoms with Crippen LogP contribution in [0.3, 0.4) is 0 Å². The molecule has 0 aromatic heterocycles. The van der Waals surface area contributed by atoms with Gasteiger partial charge in [0.2, 0.25) is 0 Å². The third kappa shape index (κ3) is 16.7. The van der Waals surface area contributed by atoms with E-state index in [0.717, 1.165) is 32.1 Å². The van der Waals surface area contributed by atoms with Gasteiger partial charge in [-0.15, -0.1) is 0 Å². The third-order valence-corrected chi connectivity index (χ3v) is 5.29. The minimum Gasteiger partial charge on any atom is -0.481 e. The number of quaternary nitrogens is 1. The monoisotopic (exact) mass is 414 g/mol. The van der Waals surface area contributed by atoms with Crippen molar-refractivity contribution in [2.24, 2.45) is 0 Å². The molecule has 0 amide bonds. The van der Waals surface area contributed by atoms with Gasteiger partial charge < -0.3 is 19.8 Å². The fraction of sp³-hybridized carbons (Fsp3) is 0.773. The number of hydrogen-bond donors (Lipinski definition) is 3. The minimum atomic E-state index is -0.942. The Bertz CT molecular complexity index is 458. The molecule has 0 heterocycles. The fourth-order valence-electron chi connectivity index (χ4n) is 3.48. The Balaban J connectivity index is 4.48. The van der Waals surface area contributed by atoms with Gasteiger partial charge in [0.25, 0.3) is 0 Å². The van der Waals surface area contributed by atoms with Crippen molar-refractivity contribution in [1.82, 2.24) is 0 Å². The molecule has 0 spiro atoms. The van der Waals surface area contributed by atoms with Gasteiger partial charge >= 0.3 is 17.9 Å². The molecule has 0 fully saturated rings. The topological polar surface area (TPSA) is 112 Å². The molecule has 0 bridgehead atoms. The molecule has 7 heteroatoms. The lowest BCUT2D eigenvalue weighted by Crippen LogP contribution is -2.52. The summed E-state index contributed by atoms with van der Waals surface area (Å²) in [5.74, 6) is -2.83. The van der Waals surface area contributed by atoms with Crippen molar-refractivity contribution in [3.05, 3.63) is 12.2 Å². The number of nitrogens with zero attached hydrogens (tertiary/aromatic N) is 1. The van der Waals surface area contributed by atoms with Crippen LogP contribution in [0.2, 0.25) is 0 Å². The number of hydrogen-bond acceptors (Lipinski definition) is 3. The van der Waals surface area contributed by atoms with E-state index in [1.54, 1.807) is 0 Å². The maximum Gasteiger partial charge on any atom is 0.309 e. The molecule has 0 aromatic rings. The largest absolute Gasteiger partial charge is 0.481 e. The zero-order chi connectivity index (χ0) is 22.0. The second-order valence-corrected chi connectivity index (χ2v) is 7.84. The van der Waals surface area contributed by atoms with Gasteiger partial charge in [-0.25, -0.2) is 0 Å². The van der Waals surface area contributed by atoms with E-state index >= 15 is 0 Å². The van der Waals surface area contributed by atoms with Gasteiger partial charge in [-0.2, -0.15) is 0 Å². The lowest BCUT2D eigenvalue weighted by atomic mass is 10.1. The Labute approximate surface area is 175 Å². The first-order chi connectivity index (χ1) is 13.8. The predicted molar refractivity (Wildman–Crippen MR) is 113 cm³/mol. The average Bonchev–Trinajstić information content (AvgIpc) is 2.66. The van der Waals surface area contributed by atoms with Gasteiger partial charge in [0, 0.05) is 0 Å². The first kappa shape index (κ1) is 27.1. The second-order valence-electron chi connectivity index (χ2n) is 7.84. The van der Waals surface area contributed by atoms with Crippen LogP contribution in [-0.4, -0.2) is 63.9 Å². The molecular weight excluding hydrogens is 374 g/mol. The summed E-state index contributed by atoms with van der Waals surface area (Å²) in [7, 11) is 0. The summed E-state index contributed by atoms with van der Waals surface area (Å²) in [6, 6.07) is 0. The fourth-order valence-corrected chi connectivity index (χ4v) is 3.48. The minimum absolute atomic E-state index is 0.0833. The summed E-state index contributed by atoms with van der Waals surface area (Å²) in [6.45, 7) is 3.64. The van der Waals surface area contributed by atoms with E-state index in [-0.39, 0.29) is 43.4 Å². The number of aliphatic carboxylic acids is 3. The number of carboxylic acid groups (broad SMARTS) is 3. The molecule has 0 aliphatic rings. The summed E-state index contributed by atoms with van der Waals surface area (Å²) in [6.07, 6.45) is 14.2. The highest BCUT2D eigenvalue weighted by Gasteiger charge is 2.29. The Morgan fingerprint density at radius 2 is 1.03 bits per heavy atom. The van der Waals surface area contributed by atoms with Crippen LogP contribution in [0.15, 0.2) is 12.2 Å². The molecule has 0 saturated heterocycles. The number of rotatable bonds is 20. The summed E-state index contributed by atoms with van der Waals surface area (Å²) in [5, 5.41) is 27.1. The lowest BCUT2D eigenvalue weighted by Gasteiger charge is -2.38. The SMILES string of the molecule is CCCCCC/C=C/CCCCC[N+](CCC(=O)O)(CCC(=O)O)CCC(=O)O. The van der Waals surface area contributed by atoms with Crippen LogP contribution in [0, 0.1) is 0 Å². The molecule has 3 N–H and O–H groups in total. The molecule has 0 unspecified atom stereocenters. The van der Waals surface area contributed by atoms with E-state index in [1.807, 2.05) is 0 Å². The molecule has 0 radical (unpaired) electrons. The van der Waals surface area contributed by atoms with Crippen LogP contribution < -0.4 is 0 Å². The van der Waals surface area contributed by atoms with Crippen LogP contribution in [0.25, 0.3) is 0 Å². The predicted octanol–water partition coefficient (Wildman–Crippen LogP) is 4.31. The van der Waals surface area contributed by atoms with Crippen LogP contribution in [0.1, 0.15) is 84.0 Å². The van der Waals surface area contributed by atoms with E-state index < -0.39 is 17.9 Å². The quantitative estimate of drug-likeness (QED) is 0.155. The van der Waals surface area contributed by atoms with Gasteiger partial charge in [0.05, 0.1) is 45.4 Å². The molecular formula is C22H40NO6+. The van der Waals surface area contributed by atoms with Crippen molar-refractivity contribution in [2.75, 3.05) is 26.2 Å². The number of carboxylic acids is 3. The van der Waals surface area contributed by atoms with Crippen molar-refractivity contribution in [3.8, 4) is 0 Å². The van der Waals surface area contributed by atoms with Crippen molar-refractivity contribution in [2.45, 2.75) is 84.0 Å². The summed E-state index contributed by atoms with van der Waals surface area (Å²) in [5.41, 5.74) is 0. The Hall–Kier alpha value is -1.89. The Morgan fingerprint density at radius 3 is 1.41 bits per heavy atom. The lowest BCUT2D eigenvalue weighted by molar-refractivity contribution is -0.927.